The van der Waals surface area contributed by atoms with Gasteiger partial charge in [-0.15, -0.1) is 0 Å². The third kappa shape index (κ3) is 3.92. The van der Waals surface area contributed by atoms with Gasteiger partial charge in [0, 0.05) is 62.0 Å². The summed E-state index contributed by atoms with van der Waals surface area (Å²) < 4.78 is 8.17. The first-order valence-electron chi connectivity index (χ1n) is 11.4. The van der Waals surface area contributed by atoms with Crippen molar-refractivity contribution in [2.45, 2.75) is 6.10 Å². The summed E-state index contributed by atoms with van der Waals surface area (Å²) in [5.74, 6) is 0. The Morgan fingerprint density at radius 3 is 2.85 bits per heavy atom. The Bertz CT molecular complexity index is 1450. The van der Waals surface area contributed by atoms with Gasteiger partial charge in [-0.1, -0.05) is 12.1 Å². The highest BCUT2D eigenvalue weighted by molar-refractivity contribution is 5.97. The second kappa shape index (κ2) is 8.72. The minimum Gasteiger partial charge on any atom is -0.382 e. The number of ether oxygens (including phenoxy) is 1. The fourth-order valence-corrected chi connectivity index (χ4v) is 4.59. The van der Waals surface area contributed by atoms with Crippen LogP contribution in [-0.2, 0) is 11.8 Å². The highest BCUT2D eigenvalue weighted by atomic mass is 16.5. The minimum atomic E-state index is 0.0506. The molecule has 0 aliphatic carbocycles. The van der Waals surface area contributed by atoms with E-state index in [9.17, 15) is 0 Å². The first-order chi connectivity index (χ1) is 16.7. The van der Waals surface area contributed by atoms with Crippen LogP contribution in [0.5, 0.6) is 0 Å². The van der Waals surface area contributed by atoms with E-state index in [1.165, 1.54) is 10.9 Å². The number of nitrogens with zero attached hydrogens (tertiary/aromatic N) is 6. The van der Waals surface area contributed by atoms with Gasteiger partial charge in [-0.3, -0.25) is 9.97 Å². The number of fused-ring (bicyclic) bond motifs is 2. The molecule has 0 bridgehead atoms. The predicted octanol–water partition coefficient (Wildman–Crippen LogP) is 3.90. The monoisotopic (exact) mass is 451 g/mol. The molecule has 5 aromatic rings. The van der Waals surface area contributed by atoms with E-state index in [1.54, 1.807) is 18.7 Å². The SMILES string of the molecule is Cn1ccc2ccc(-c3cc(NCC4CN(c5cncnc5)CCO4)cc4nccnc34)cc21. The largest absolute Gasteiger partial charge is 0.382 e. The normalized spacial score (nSPS) is 16.3. The Morgan fingerprint density at radius 1 is 1.06 bits per heavy atom. The van der Waals surface area contributed by atoms with E-state index in [4.69, 9.17) is 4.74 Å². The van der Waals surface area contributed by atoms with E-state index in [-0.39, 0.29) is 6.10 Å². The van der Waals surface area contributed by atoms with Gasteiger partial charge in [0.1, 0.15) is 6.33 Å². The van der Waals surface area contributed by atoms with Crippen LogP contribution in [-0.4, -0.2) is 56.8 Å². The summed E-state index contributed by atoms with van der Waals surface area (Å²) in [6.07, 6.45) is 10.9. The molecule has 0 spiro atoms. The van der Waals surface area contributed by atoms with Crippen molar-refractivity contribution in [1.29, 1.82) is 0 Å². The fraction of sp³-hybridized carbons (Fsp3) is 0.231. The molecular formula is C26H25N7O. The zero-order chi connectivity index (χ0) is 22.9. The second-order valence-corrected chi connectivity index (χ2v) is 8.56. The van der Waals surface area contributed by atoms with Gasteiger partial charge in [0.15, 0.2) is 0 Å². The minimum absolute atomic E-state index is 0.0506. The van der Waals surface area contributed by atoms with Crippen LogP contribution in [0.1, 0.15) is 0 Å². The van der Waals surface area contributed by atoms with Crippen LogP contribution in [0.2, 0.25) is 0 Å². The number of aryl methyl sites for hydroxylation is 1. The maximum Gasteiger partial charge on any atom is 0.115 e. The molecule has 0 amide bonds. The number of nitrogens with one attached hydrogen (secondary N) is 1. The smallest absolute Gasteiger partial charge is 0.115 e. The topological polar surface area (TPSA) is 81.0 Å². The van der Waals surface area contributed by atoms with Gasteiger partial charge in [0.25, 0.3) is 0 Å². The van der Waals surface area contributed by atoms with Crippen molar-refractivity contribution >= 4 is 33.3 Å². The summed E-state index contributed by atoms with van der Waals surface area (Å²) in [5, 5.41) is 4.80. The second-order valence-electron chi connectivity index (χ2n) is 8.56. The Balaban J connectivity index is 1.28. The Hall–Kier alpha value is -4.04. The number of benzene rings is 2. The average Bonchev–Trinajstić information content (AvgIpc) is 3.27. The van der Waals surface area contributed by atoms with Gasteiger partial charge >= 0.3 is 0 Å². The van der Waals surface area contributed by atoms with Crippen molar-refractivity contribution in [3.05, 3.63) is 73.7 Å². The Labute approximate surface area is 197 Å². The molecule has 1 N–H and O–H groups in total. The third-order valence-corrected chi connectivity index (χ3v) is 6.36. The molecule has 34 heavy (non-hydrogen) atoms. The van der Waals surface area contributed by atoms with Gasteiger partial charge in [-0.2, -0.15) is 0 Å². The zero-order valence-corrected chi connectivity index (χ0v) is 18.9. The van der Waals surface area contributed by atoms with Crippen molar-refractivity contribution < 1.29 is 4.74 Å². The van der Waals surface area contributed by atoms with Gasteiger partial charge in [-0.05, 0) is 35.2 Å². The van der Waals surface area contributed by atoms with Crippen LogP contribution in [0.25, 0.3) is 33.1 Å². The molecule has 1 saturated heterocycles. The molecule has 3 aromatic heterocycles. The number of morpholine rings is 1. The molecule has 8 nitrogen and oxygen atoms in total. The fourth-order valence-electron chi connectivity index (χ4n) is 4.59. The van der Waals surface area contributed by atoms with Crippen LogP contribution in [0.4, 0.5) is 11.4 Å². The standard InChI is InChI=1S/C26H25N7O/c1-32-7-4-18-2-3-19(10-25(18)32)23-11-20(12-24-26(23)30-6-5-29-24)31-15-22-16-33(8-9-34-22)21-13-27-17-28-14-21/h2-7,10-14,17,22,31H,8-9,15-16H2,1H3. The lowest BCUT2D eigenvalue weighted by Gasteiger charge is -2.34. The van der Waals surface area contributed by atoms with Crippen LogP contribution in [0, 0.1) is 0 Å². The van der Waals surface area contributed by atoms with Crippen molar-refractivity contribution in [3.8, 4) is 11.1 Å². The highest BCUT2D eigenvalue weighted by Gasteiger charge is 2.21. The number of rotatable bonds is 5. The van der Waals surface area contributed by atoms with Crippen molar-refractivity contribution in [1.82, 2.24) is 24.5 Å². The van der Waals surface area contributed by atoms with E-state index < -0.39 is 0 Å². The van der Waals surface area contributed by atoms with E-state index in [2.05, 4.69) is 84.4 Å². The van der Waals surface area contributed by atoms with Gasteiger partial charge < -0.3 is 19.5 Å². The Morgan fingerprint density at radius 2 is 1.94 bits per heavy atom. The van der Waals surface area contributed by atoms with Crippen LogP contribution in [0.3, 0.4) is 0 Å². The predicted molar refractivity (Wildman–Crippen MR) is 134 cm³/mol. The quantitative estimate of drug-likeness (QED) is 0.434. The van der Waals surface area contributed by atoms with E-state index in [1.807, 2.05) is 12.4 Å². The molecule has 2 aromatic carbocycles. The van der Waals surface area contributed by atoms with E-state index in [0.29, 0.717) is 13.2 Å². The van der Waals surface area contributed by atoms with Crippen molar-refractivity contribution in [3.63, 3.8) is 0 Å². The molecule has 6 rings (SSSR count). The molecule has 170 valence electrons. The van der Waals surface area contributed by atoms with Crippen LogP contribution in [0.15, 0.2) is 73.7 Å². The van der Waals surface area contributed by atoms with Crippen molar-refractivity contribution in [2.75, 3.05) is 36.5 Å². The maximum absolute atomic E-state index is 6.03. The number of anilines is 2. The molecule has 0 saturated carbocycles. The summed E-state index contributed by atoms with van der Waals surface area (Å²) in [5.41, 5.74) is 7.15. The third-order valence-electron chi connectivity index (χ3n) is 6.36. The molecule has 1 fully saturated rings. The number of hydrogen-bond donors (Lipinski definition) is 1. The first kappa shape index (κ1) is 20.6. The lowest BCUT2D eigenvalue weighted by Crippen LogP contribution is -2.45. The van der Waals surface area contributed by atoms with Crippen LogP contribution >= 0.6 is 0 Å². The lowest BCUT2D eigenvalue weighted by atomic mass is 10.0. The lowest BCUT2D eigenvalue weighted by molar-refractivity contribution is 0.0492. The molecule has 1 aliphatic heterocycles. The average molecular weight is 452 g/mol. The molecule has 0 radical (unpaired) electrons. The first-order valence-corrected chi connectivity index (χ1v) is 11.4. The summed E-state index contributed by atoms with van der Waals surface area (Å²) >= 11 is 0. The molecule has 1 unspecified atom stereocenters. The summed E-state index contributed by atoms with van der Waals surface area (Å²) in [6.45, 7) is 2.98. The van der Waals surface area contributed by atoms with Crippen molar-refractivity contribution in [2.24, 2.45) is 7.05 Å². The summed E-state index contributed by atoms with van der Waals surface area (Å²) in [7, 11) is 2.07. The Kier molecular flexibility index (Phi) is 5.27. The van der Waals surface area contributed by atoms with Gasteiger partial charge in [0.2, 0.25) is 0 Å². The maximum atomic E-state index is 6.03. The van der Waals surface area contributed by atoms with Gasteiger partial charge in [0.05, 0.1) is 41.8 Å². The zero-order valence-electron chi connectivity index (χ0n) is 18.9. The molecule has 1 atom stereocenters. The number of aromatic nitrogens is 5. The van der Waals surface area contributed by atoms with Gasteiger partial charge in [-0.25, -0.2) is 9.97 Å². The highest BCUT2D eigenvalue weighted by Crippen LogP contribution is 2.32. The molecule has 4 heterocycles. The van der Waals surface area contributed by atoms with E-state index >= 15 is 0 Å². The molecule has 8 heteroatoms. The summed E-state index contributed by atoms with van der Waals surface area (Å²) in [6, 6.07) is 12.9. The summed E-state index contributed by atoms with van der Waals surface area (Å²) in [4.78, 5) is 19.8. The molecule has 1 aliphatic rings. The number of hydrogen-bond acceptors (Lipinski definition) is 7. The van der Waals surface area contributed by atoms with Crippen LogP contribution < -0.4 is 10.2 Å². The van der Waals surface area contributed by atoms with E-state index in [0.717, 1.165) is 46.6 Å². The molecular weight excluding hydrogens is 426 g/mol.